The van der Waals surface area contributed by atoms with E-state index in [-0.39, 0.29) is 12.5 Å². The van der Waals surface area contributed by atoms with E-state index < -0.39 is 0 Å². The van der Waals surface area contributed by atoms with Crippen molar-refractivity contribution in [3.8, 4) is 11.5 Å². The van der Waals surface area contributed by atoms with Gasteiger partial charge < -0.3 is 9.47 Å². The zero-order valence-corrected chi connectivity index (χ0v) is 21.4. The maximum absolute atomic E-state index is 12.2. The van der Waals surface area contributed by atoms with Crippen molar-refractivity contribution in [2.24, 2.45) is 5.10 Å². The van der Waals surface area contributed by atoms with Crippen LogP contribution in [0.1, 0.15) is 28.1 Å². The Morgan fingerprint density at radius 3 is 2.53 bits per heavy atom. The van der Waals surface area contributed by atoms with Gasteiger partial charge >= 0.3 is 0 Å². The summed E-state index contributed by atoms with van der Waals surface area (Å²) in [7, 11) is 1.58. The molecule has 1 N–H and O–H groups in total. The third-order valence-corrected chi connectivity index (χ3v) is 6.48. The Morgan fingerprint density at radius 2 is 1.91 bits per heavy atom. The van der Waals surface area contributed by atoms with Crippen molar-refractivity contribution in [1.29, 1.82) is 0 Å². The number of aromatic nitrogens is 2. The fourth-order valence-corrected chi connectivity index (χ4v) is 3.83. The van der Waals surface area contributed by atoms with Gasteiger partial charge in [-0.3, -0.25) is 9.48 Å². The first-order valence-corrected chi connectivity index (χ1v) is 11.4. The summed E-state index contributed by atoms with van der Waals surface area (Å²) in [6.45, 7) is 6.32. The van der Waals surface area contributed by atoms with Crippen LogP contribution in [-0.4, -0.2) is 29.0 Å². The summed E-state index contributed by atoms with van der Waals surface area (Å²) in [6, 6.07) is 11.8. The van der Waals surface area contributed by atoms with Gasteiger partial charge in [-0.2, -0.15) is 10.2 Å². The van der Waals surface area contributed by atoms with E-state index >= 15 is 0 Å². The van der Waals surface area contributed by atoms with Crippen LogP contribution in [0.4, 0.5) is 0 Å². The molecule has 0 fully saturated rings. The molecular weight excluding hydrogens is 540 g/mol. The number of methoxy groups -OCH3 is 1. The molecule has 0 saturated heterocycles. The second-order valence-electron chi connectivity index (χ2n) is 7.24. The highest BCUT2D eigenvalue weighted by Gasteiger charge is 2.13. The molecule has 0 radical (unpaired) electrons. The lowest BCUT2D eigenvalue weighted by molar-refractivity contribution is -0.121. The van der Waals surface area contributed by atoms with Gasteiger partial charge in [-0.25, -0.2) is 5.43 Å². The van der Waals surface area contributed by atoms with E-state index in [9.17, 15) is 4.79 Å². The lowest BCUT2D eigenvalue weighted by Crippen LogP contribution is -2.24. The highest BCUT2D eigenvalue weighted by molar-refractivity contribution is 9.10. The fraction of sp³-hybridized carbons (Fsp3) is 0.261. The normalized spacial score (nSPS) is 11.1. The standard InChI is InChI=1S/C23H24Br2N4O3/c1-14-5-7-17(8-6-14)13-32-23-19(24)9-18(10-20(23)31-4)11-26-27-21(30)12-29-16(3)22(25)15(2)28-29/h5-11H,12-13H2,1-4H3,(H,27,30). The molecule has 0 aliphatic heterocycles. The van der Waals surface area contributed by atoms with E-state index in [1.807, 2.05) is 51.1 Å². The number of hydrogen-bond acceptors (Lipinski definition) is 5. The second-order valence-corrected chi connectivity index (χ2v) is 8.89. The number of nitrogens with zero attached hydrogens (tertiary/aromatic N) is 3. The monoisotopic (exact) mass is 562 g/mol. The lowest BCUT2D eigenvalue weighted by atomic mass is 10.2. The highest BCUT2D eigenvalue weighted by Crippen LogP contribution is 2.36. The first-order chi connectivity index (χ1) is 15.3. The molecule has 0 saturated carbocycles. The van der Waals surface area contributed by atoms with Gasteiger partial charge in [0.25, 0.3) is 5.91 Å². The molecule has 1 amide bonds. The molecule has 0 bridgehead atoms. The molecule has 168 valence electrons. The van der Waals surface area contributed by atoms with Crippen molar-refractivity contribution in [3.63, 3.8) is 0 Å². The molecule has 0 atom stereocenters. The van der Waals surface area contributed by atoms with Crippen molar-refractivity contribution >= 4 is 44.0 Å². The number of hydrogen-bond donors (Lipinski definition) is 1. The SMILES string of the molecule is COc1cc(C=NNC(=O)Cn2nc(C)c(Br)c2C)cc(Br)c1OCc1ccc(C)cc1. The number of benzene rings is 2. The summed E-state index contributed by atoms with van der Waals surface area (Å²) >= 11 is 6.99. The molecule has 0 spiro atoms. The number of amides is 1. The Hall–Kier alpha value is -2.65. The highest BCUT2D eigenvalue weighted by atomic mass is 79.9. The second kappa shape index (κ2) is 10.8. The molecule has 0 unspecified atom stereocenters. The van der Waals surface area contributed by atoms with Crippen LogP contribution in [0.15, 0.2) is 50.4 Å². The molecule has 7 nitrogen and oxygen atoms in total. The molecule has 0 aliphatic carbocycles. The minimum Gasteiger partial charge on any atom is -0.493 e. The average molecular weight is 564 g/mol. The Morgan fingerprint density at radius 1 is 1.19 bits per heavy atom. The minimum atomic E-state index is -0.275. The predicted molar refractivity (Wildman–Crippen MR) is 131 cm³/mol. The Bertz CT molecular complexity index is 1140. The number of nitrogens with one attached hydrogen (secondary N) is 1. The maximum Gasteiger partial charge on any atom is 0.261 e. The van der Waals surface area contributed by atoms with Gasteiger partial charge in [0, 0.05) is 0 Å². The summed E-state index contributed by atoms with van der Waals surface area (Å²) in [5.74, 6) is 0.888. The van der Waals surface area contributed by atoms with Crippen LogP contribution < -0.4 is 14.9 Å². The predicted octanol–water partition coefficient (Wildman–Crippen LogP) is 5.07. The Balaban J connectivity index is 1.64. The number of hydrazone groups is 1. The largest absolute Gasteiger partial charge is 0.493 e. The van der Waals surface area contributed by atoms with Gasteiger partial charge in [-0.15, -0.1) is 0 Å². The number of aryl methyl sites for hydroxylation is 2. The number of ether oxygens (including phenoxy) is 2. The van der Waals surface area contributed by atoms with Crippen LogP contribution in [0, 0.1) is 20.8 Å². The van der Waals surface area contributed by atoms with Crippen molar-refractivity contribution in [1.82, 2.24) is 15.2 Å². The quantitative estimate of drug-likeness (QED) is 0.306. The van der Waals surface area contributed by atoms with E-state index in [1.165, 1.54) is 5.56 Å². The lowest BCUT2D eigenvalue weighted by Gasteiger charge is -2.13. The number of rotatable bonds is 8. The van der Waals surface area contributed by atoms with Crippen LogP contribution >= 0.6 is 31.9 Å². The van der Waals surface area contributed by atoms with Gasteiger partial charge in [-0.05, 0) is 75.9 Å². The van der Waals surface area contributed by atoms with Crippen LogP contribution in [0.3, 0.4) is 0 Å². The zero-order valence-electron chi connectivity index (χ0n) is 18.3. The topological polar surface area (TPSA) is 77.7 Å². The summed E-state index contributed by atoms with van der Waals surface area (Å²) in [5.41, 5.74) is 7.25. The molecule has 1 aromatic heterocycles. The van der Waals surface area contributed by atoms with Crippen LogP contribution in [0.2, 0.25) is 0 Å². The van der Waals surface area contributed by atoms with Gasteiger partial charge in [0.05, 0.1) is 33.7 Å². The smallest absolute Gasteiger partial charge is 0.261 e. The third kappa shape index (κ3) is 5.98. The van der Waals surface area contributed by atoms with Crippen LogP contribution in [-0.2, 0) is 17.9 Å². The summed E-state index contributed by atoms with van der Waals surface area (Å²) in [6.07, 6.45) is 1.55. The molecular formula is C23H24Br2N4O3. The average Bonchev–Trinajstić information content (AvgIpc) is 3.00. The van der Waals surface area contributed by atoms with E-state index in [0.717, 1.165) is 31.5 Å². The van der Waals surface area contributed by atoms with Gasteiger partial charge in [0.1, 0.15) is 13.2 Å². The van der Waals surface area contributed by atoms with Crippen LogP contribution in [0.25, 0.3) is 0 Å². The summed E-state index contributed by atoms with van der Waals surface area (Å²) in [4.78, 5) is 12.2. The summed E-state index contributed by atoms with van der Waals surface area (Å²) < 4.78 is 14.7. The van der Waals surface area contributed by atoms with Gasteiger partial charge in [0.15, 0.2) is 11.5 Å². The number of halogens is 2. The van der Waals surface area contributed by atoms with Crippen molar-refractivity contribution in [2.45, 2.75) is 33.9 Å². The van der Waals surface area contributed by atoms with Gasteiger partial charge in [0.2, 0.25) is 0 Å². The fourth-order valence-electron chi connectivity index (χ4n) is 2.97. The van der Waals surface area contributed by atoms with E-state index in [4.69, 9.17) is 9.47 Å². The molecule has 32 heavy (non-hydrogen) atoms. The molecule has 0 aliphatic rings. The number of carbonyl (C=O) groups is 1. The van der Waals surface area contributed by atoms with Crippen molar-refractivity contribution in [3.05, 3.63) is 73.4 Å². The summed E-state index contributed by atoms with van der Waals surface area (Å²) in [5, 5.41) is 8.37. The molecule has 3 aromatic rings. The Labute approximate surface area is 204 Å². The maximum atomic E-state index is 12.2. The van der Waals surface area contributed by atoms with Crippen LogP contribution in [0.5, 0.6) is 11.5 Å². The van der Waals surface area contributed by atoms with E-state index in [2.05, 4.69) is 47.5 Å². The molecule has 2 aromatic carbocycles. The molecule has 1 heterocycles. The first-order valence-electron chi connectivity index (χ1n) is 9.85. The van der Waals surface area contributed by atoms with E-state index in [1.54, 1.807) is 24.1 Å². The molecule has 3 rings (SSSR count). The van der Waals surface area contributed by atoms with Gasteiger partial charge in [-0.1, -0.05) is 29.8 Å². The van der Waals surface area contributed by atoms with E-state index in [0.29, 0.717) is 18.1 Å². The number of carbonyl (C=O) groups excluding carboxylic acids is 1. The minimum absolute atomic E-state index is 0.0778. The zero-order chi connectivity index (χ0) is 23.3. The van der Waals surface area contributed by atoms with Crippen molar-refractivity contribution in [2.75, 3.05) is 7.11 Å². The van der Waals surface area contributed by atoms with Crippen molar-refractivity contribution < 1.29 is 14.3 Å². The molecule has 9 heteroatoms. The first kappa shape index (κ1) is 24.0. The Kier molecular flexibility index (Phi) is 8.09. The third-order valence-electron chi connectivity index (χ3n) is 4.74.